The molecule has 3 aliphatic rings. The third kappa shape index (κ3) is 6.04. The molecule has 2 aromatic carbocycles. The number of nitrogens with zero attached hydrogens (tertiary/aromatic N) is 6. The van der Waals surface area contributed by atoms with Gasteiger partial charge in [0.05, 0.1) is 23.0 Å². The largest absolute Gasteiger partial charge is 0.508 e. The summed E-state index contributed by atoms with van der Waals surface area (Å²) in [6.45, 7) is 2.80. The van der Waals surface area contributed by atoms with E-state index < -0.39 is 53.6 Å². The zero-order chi connectivity index (χ0) is 37.0. The minimum Gasteiger partial charge on any atom is -0.508 e. The minimum atomic E-state index is -3.28. The molecule has 3 N–H and O–H groups in total. The highest BCUT2D eigenvalue weighted by Crippen LogP contribution is 2.44. The van der Waals surface area contributed by atoms with Gasteiger partial charge in [-0.15, -0.1) is 0 Å². The summed E-state index contributed by atoms with van der Waals surface area (Å²) in [5.41, 5.74) is -2.61. The van der Waals surface area contributed by atoms with Crippen molar-refractivity contribution in [2.75, 3.05) is 44.9 Å². The molecular weight excluding hydrogens is 688 g/mol. The SMILES string of the molecule is COCCCc1c(F)ccc2cc(O)cc(-c3ncc4c(N5CC(C)(N(F)C=O)CC(F)C5(O)O)nc(OCC56CCCN5CCC6)nc4c3F)c12. The molecule has 5 heterocycles. The number of amides is 1. The fourth-order valence-corrected chi connectivity index (χ4v) is 8.19. The Morgan fingerprint density at radius 2 is 1.88 bits per heavy atom. The summed E-state index contributed by atoms with van der Waals surface area (Å²) in [4.78, 5) is 27.6. The number of alkyl halides is 1. The molecule has 0 radical (unpaired) electrons. The molecule has 2 unspecified atom stereocenters. The summed E-state index contributed by atoms with van der Waals surface area (Å²) in [5.74, 6) is -5.54. The topological polar surface area (TPSA) is 145 Å². The number of hydrogen-bond donors (Lipinski definition) is 3. The molecule has 0 bridgehead atoms. The maximum absolute atomic E-state index is 17.1. The van der Waals surface area contributed by atoms with Gasteiger partial charge in [0.15, 0.2) is 12.0 Å². The van der Waals surface area contributed by atoms with E-state index in [1.165, 1.54) is 38.3 Å². The number of hydrogen-bond acceptors (Lipinski definition) is 11. The van der Waals surface area contributed by atoms with Gasteiger partial charge in [0.1, 0.15) is 35.2 Å². The predicted octanol–water partition coefficient (Wildman–Crippen LogP) is 4.70. The van der Waals surface area contributed by atoms with Crippen LogP contribution in [0.3, 0.4) is 0 Å². The van der Waals surface area contributed by atoms with E-state index in [4.69, 9.17) is 9.47 Å². The summed E-state index contributed by atoms with van der Waals surface area (Å²) in [6, 6.07) is 5.04. The number of fused-ring (bicyclic) bond motifs is 3. The number of phenols is 1. The first-order valence-corrected chi connectivity index (χ1v) is 17.3. The molecule has 4 aromatic rings. The predicted molar refractivity (Wildman–Crippen MR) is 182 cm³/mol. The van der Waals surface area contributed by atoms with Gasteiger partial charge in [-0.1, -0.05) is 10.5 Å². The molecule has 1 amide bonds. The number of phenolic OH excluding ortho intramolecular Hbond substituents is 1. The van der Waals surface area contributed by atoms with Crippen LogP contribution in [-0.4, -0.2) is 110 Å². The second kappa shape index (κ2) is 13.5. The van der Waals surface area contributed by atoms with Crippen LogP contribution in [0.15, 0.2) is 30.5 Å². The fourth-order valence-electron chi connectivity index (χ4n) is 8.19. The van der Waals surface area contributed by atoms with E-state index in [9.17, 15) is 24.6 Å². The molecule has 2 atom stereocenters. The van der Waals surface area contributed by atoms with Crippen LogP contribution in [0.2, 0.25) is 0 Å². The number of piperidine rings is 1. The maximum atomic E-state index is 17.1. The van der Waals surface area contributed by atoms with Crippen LogP contribution in [0.1, 0.15) is 51.0 Å². The molecule has 278 valence electrons. The van der Waals surface area contributed by atoms with Gasteiger partial charge in [-0.3, -0.25) is 19.6 Å². The summed E-state index contributed by atoms with van der Waals surface area (Å²) in [7, 11) is 1.52. The van der Waals surface area contributed by atoms with Crippen molar-refractivity contribution in [3.8, 4) is 23.0 Å². The normalized spacial score (nSPS) is 22.6. The Balaban J connectivity index is 1.42. The number of anilines is 1. The number of halogens is 4. The van der Waals surface area contributed by atoms with E-state index >= 15 is 13.2 Å². The quantitative estimate of drug-likeness (QED) is 0.0650. The smallest absolute Gasteiger partial charge is 0.319 e. The number of aromatic hydroxyl groups is 1. The van der Waals surface area contributed by atoms with Crippen molar-refractivity contribution in [3.05, 3.63) is 47.7 Å². The number of pyridine rings is 1. The molecule has 0 saturated carbocycles. The average Bonchev–Trinajstić information content (AvgIpc) is 3.70. The monoisotopic (exact) mass is 728 g/mol. The second-order valence-corrected chi connectivity index (χ2v) is 14.3. The van der Waals surface area contributed by atoms with Gasteiger partial charge in [0, 0.05) is 31.9 Å². The number of carbonyl (C=O) groups excluding carboxylic acids is 1. The maximum Gasteiger partial charge on any atom is 0.319 e. The van der Waals surface area contributed by atoms with Crippen LogP contribution in [0.4, 0.5) is 23.5 Å². The Bertz CT molecular complexity index is 2010. The van der Waals surface area contributed by atoms with Crippen molar-refractivity contribution in [2.24, 2.45) is 0 Å². The molecule has 0 spiro atoms. The Morgan fingerprint density at radius 3 is 2.60 bits per heavy atom. The Hall–Kier alpha value is -4.38. The van der Waals surface area contributed by atoms with E-state index in [0.717, 1.165) is 45.0 Å². The lowest BCUT2D eigenvalue weighted by Crippen LogP contribution is -2.68. The van der Waals surface area contributed by atoms with Crippen molar-refractivity contribution in [2.45, 2.75) is 75.0 Å². The number of benzene rings is 2. The Morgan fingerprint density at radius 1 is 1.13 bits per heavy atom. The zero-order valence-corrected chi connectivity index (χ0v) is 28.8. The van der Waals surface area contributed by atoms with Crippen LogP contribution in [-0.2, 0) is 16.0 Å². The summed E-state index contributed by atoms with van der Waals surface area (Å²) in [5, 5.41) is 33.1. The third-order valence-electron chi connectivity index (χ3n) is 10.9. The van der Waals surface area contributed by atoms with E-state index in [0.29, 0.717) is 28.7 Å². The molecule has 2 aromatic heterocycles. The van der Waals surface area contributed by atoms with Crippen LogP contribution in [0.5, 0.6) is 11.8 Å². The molecule has 52 heavy (non-hydrogen) atoms. The van der Waals surface area contributed by atoms with Gasteiger partial charge in [-0.2, -0.15) is 15.1 Å². The lowest BCUT2D eigenvalue weighted by Gasteiger charge is -2.50. The van der Waals surface area contributed by atoms with Gasteiger partial charge in [-0.05, 0) is 93.1 Å². The van der Waals surface area contributed by atoms with Crippen LogP contribution in [0, 0.1) is 11.6 Å². The standard InChI is InChI=1S/C36H40F4N6O6/c1-34(46(40)20-47)16-27(38)36(49,50)45(18-34)32-25-17-41-30(24-15-22(48)14-21-7-8-26(37)23(28(21)24)6-3-13-51-2)29(39)31(25)42-33(43-32)52-19-35-9-4-11-44(35)12-5-10-35/h7-8,14-15,17,20,27,48-50H,3-6,9-13,16,18-19H2,1-2H3. The van der Waals surface area contributed by atoms with Crippen molar-refractivity contribution in [1.82, 2.24) is 25.0 Å². The van der Waals surface area contributed by atoms with Gasteiger partial charge in [0.25, 0.3) is 5.91 Å². The van der Waals surface area contributed by atoms with Crippen molar-refractivity contribution in [3.63, 3.8) is 0 Å². The highest BCUT2D eigenvalue weighted by atomic mass is 19.2. The third-order valence-corrected chi connectivity index (χ3v) is 10.9. The highest BCUT2D eigenvalue weighted by molar-refractivity contribution is 6.01. The van der Waals surface area contributed by atoms with Gasteiger partial charge < -0.3 is 24.8 Å². The molecule has 3 saturated heterocycles. The summed E-state index contributed by atoms with van der Waals surface area (Å²) >= 11 is 0. The number of ether oxygens (including phenoxy) is 2. The minimum absolute atomic E-state index is 0.0578. The van der Waals surface area contributed by atoms with Crippen molar-refractivity contribution in [1.29, 1.82) is 0 Å². The number of rotatable bonds is 11. The molecule has 7 rings (SSSR count). The molecule has 3 aliphatic heterocycles. The number of aryl methyl sites for hydroxylation is 1. The first kappa shape index (κ1) is 36.0. The van der Waals surface area contributed by atoms with Crippen molar-refractivity contribution < 1.29 is 47.2 Å². The van der Waals surface area contributed by atoms with E-state index in [1.807, 2.05) is 0 Å². The lowest BCUT2D eigenvalue weighted by atomic mass is 9.87. The first-order valence-electron chi connectivity index (χ1n) is 17.3. The molecular formula is C36H40F4N6O6. The highest BCUT2D eigenvalue weighted by Gasteiger charge is 2.55. The number of aromatic nitrogens is 3. The number of methoxy groups -OCH3 is 1. The van der Waals surface area contributed by atoms with Gasteiger partial charge in [-0.25, -0.2) is 13.2 Å². The van der Waals surface area contributed by atoms with Gasteiger partial charge >= 0.3 is 6.01 Å². The molecule has 12 nitrogen and oxygen atoms in total. The molecule has 3 fully saturated rings. The van der Waals surface area contributed by atoms with Crippen molar-refractivity contribution >= 4 is 33.9 Å². The fraction of sp³-hybridized carbons (Fsp3) is 0.500. The Labute approximate surface area is 296 Å². The van der Waals surface area contributed by atoms with Gasteiger partial charge in [0.2, 0.25) is 6.41 Å². The molecule has 0 aliphatic carbocycles. The number of aliphatic hydroxyl groups is 2. The Kier molecular flexibility index (Phi) is 9.38. The summed E-state index contributed by atoms with van der Waals surface area (Å²) in [6.07, 6.45) is 2.00. The van der Waals surface area contributed by atoms with E-state index in [1.54, 1.807) is 0 Å². The van der Waals surface area contributed by atoms with E-state index in [-0.39, 0.29) is 64.1 Å². The van der Waals surface area contributed by atoms with E-state index in [2.05, 4.69) is 19.9 Å². The number of carbonyl (C=O) groups is 1. The van der Waals surface area contributed by atoms with Crippen LogP contribution in [0.25, 0.3) is 32.9 Å². The average molecular weight is 729 g/mol. The lowest BCUT2D eigenvalue weighted by molar-refractivity contribution is -0.236. The zero-order valence-electron chi connectivity index (χ0n) is 28.8. The first-order chi connectivity index (χ1) is 24.8. The molecule has 16 heteroatoms. The second-order valence-electron chi connectivity index (χ2n) is 14.3. The summed E-state index contributed by atoms with van der Waals surface area (Å²) < 4.78 is 74.2. The van der Waals surface area contributed by atoms with Crippen LogP contribution >= 0.6 is 0 Å². The van der Waals surface area contributed by atoms with Crippen LogP contribution < -0.4 is 9.64 Å².